The van der Waals surface area contributed by atoms with E-state index in [-0.39, 0.29) is 5.88 Å². The van der Waals surface area contributed by atoms with E-state index in [1.807, 2.05) is 42.6 Å². The van der Waals surface area contributed by atoms with Gasteiger partial charge in [-0.2, -0.15) is 0 Å². The fraction of sp³-hybridized carbons (Fsp3) is 0.100. The van der Waals surface area contributed by atoms with Crippen molar-refractivity contribution < 1.29 is 5.11 Å². The Bertz CT molecular complexity index is 1060. The molecular weight excluding hydrogens is 348 g/mol. The number of aliphatic imine (C=N–C) groups is 1. The monoisotopic (exact) mass is 364 g/mol. The largest absolute Gasteiger partial charge is 0.493 e. The first kappa shape index (κ1) is 16.0. The molecule has 2 heterocycles. The minimum Gasteiger partial charge on any atom is -0.493 e. The van der Waals surface area contributed by atoms with Crippen molar-refractivity contribution in [1.82, 2.24) is 4.57 Å². The second-order valence-electron chi connectivity index (χ2n) is 5.75. The minimum absolute atomic E-state index is 0.169. The number of allylic oxidation sites excluding steroid dienone is 1. The molecule has 1 aliphatic heterocycles. The average Bonchev–Trinajstić information content (AvgIpc) is 3.17. The number of hydrogen-bond donors (Lipinski definition) is 1. The van der Waals surface area contributed by atoms with Crippen LogP contribution >= 0.6 is 23.6 Å². The smallest absolute Gasteiger partial charge is 0.215 e. The Morgan fingerprint density at radius 3 is 2.72 bits per heavy atom. The van der Waals surface area contributed by atoms with Crippen LogP contribution < -0.4 is 0 Å². The molecule has 0 spiro atoms. The molecule has 25 heavy (non-hydrogen) atoms. The third-order valence-electron chi connectivity index (χ3n) is 4.26. The Hall–Kier alpha value is -2.50. The molecule has 0 saturated carbocycles. The molecule has 2 aromatic carbocycles. The lowest BCUT2D eigenvalue weighted by molar-refractivity contribution is 0.441. The number of aromatic nitrogens is 1. The van der Waals surface area contributed by atoms with Crippen LogP contribution in [0.15, 0.2) is 53.5 Å². The number of fused-ring (bicyclic) bond motifs is 1. The summed E-state index contributed by atoms with van der Waals surface area (Å²) < 4.78 is 2.31. The maximum Gasteiger partial charge on any atom is 0.215 e. The zero-order chi connectivity index (χ0) is 17.4. The highest BCUT2D eigenvalue weighted by Crippen LogP contribution is 2.38. The second-order valence-corrected chi connectivity index (χ2v) is 7.43. The maximum absolute atomic E-state index is 10.7. The van der Waals surface area contributed by atoms with Gasteiger partial charge in [0.1, 0.15) is 0 Å². The lowest BCUT2D eigenvalue weighted by atomic mass is 10.0. The normalized spacial score (nSPS) is 14.2. The van der Waals surface area contributed by atoms with Crippen LogP contribution in [0.3, 0.4) is 0 Å². The standard InChI is InChI=1S/C20H16N2OS2/c1-2-13-7-6-10-16-14(12-21-18(13)16)11-17-19(23)22(20(24)25-17)15-8-4-3-5-9-15/h3-12,23H,2H2,1H3. The van der Waals surface area contributed by atoms with Gasteiger partial charge in [-0.3, -0.25) is 9.56 Å². The first-order valence-corrected chi connectivity index (χ1v) is 9.29. The molecule has 1 aromatic heterocycles. The van der Waals surface area contributed by atoms with E-state index in [2.05, 4.69) is 30.1 Å². The summed E-state index contributed by atoms with van der Waals surface area (Å²) in [6, 6.07) is 15.9. The fourth-order valence-electron chi connectivity index (χ4n) is 3.00. The second kappa shape index (κ2) is 6.43. The number of nitrogens with zero attached hydrogens (tertiary/aromatic N) is 2. The van der Waals surface area contributed by atoms with Gasteiger partial charge in [0.05, 0.1) is 16.3 Å². The number of rotatable bonds is 3. The molecule has 0 fully saturated rings. The molecule has 1 N–H and O–H groups in total. The molecule has 124 valence electrons. The van der Waals surface area contributed by atoms with Gasteiger partial charge < -0.3 is 5.11 Å². The zero-order valence-electron chi connectivity index (χ0n) is 13.6. The van der Waals surface area contributed by atoms with E-state index in [1.54, 1.807) is 4.57 Å². The van der Waals surface area contributed by atoms with Gasteiger partial charge in [0.15, 0.2) is 3.95 Å². The van der Waals surface area contributed by atoms with Crippen molar-refractivity contribution in [3.8, 4) is 11.6 Å². The van der Waals surface area contributed by atoms with Crippen molar-refractivity contribution >= 4 is 47.1 Å². The summed E-state index contributed by atoms with van der Waals surface area (Å²) in [6.07, 6.45) is 4.77. The highest BCUT2D eigenvalue weighted by Gasteiger charge is 2.17. The molecule has 0 bridgehead atoms. The average molecular weight is 364 g/mol. The van der Waals surface area contributed by atoms with Gasteiger partial charge in [-0.05, 0) is 42.4 Å². The molecule has 4 rings (SSSR count). The molecule has 3 nitrogen and oxygen atoms in total. The third-order valence-corrected chi connectivity index (χ3v) is 5.57. The molecule has 0 aliphatic carbocycles. The Morgan fingerprint density at radius 1 is 1.16 bits per heavy atom. The van der Waals surface area contributed by atoms with Gasteiger partial charge in [0, 0.05) is 17.4 Å². The van der Waals surface area contributed by atoms with Gasteiger partial charge in [-0.25, -0.2) is 0 Å². The fourth-order valence-corrected chi connectivity index (χ4v) is 4.30. The minimum atomic E-state index is 0.169. The lowest BCUT2D eigenvalue weighted by Gasteiger charge is -2.05. The van der Waals surface area contributed by atoms with E-state index in [1.165, 1.54) is 16.9 Å². The third kappa shape index (κ3) is 2.75. The molecule has 5 heteroatoms. The van der Waals surface area contributed by atoms with E-state index in [0.717, 1.165) is 33.8 Å². The number of hydrogen-bond acceptors (Lipinski definition) is 4. The molecule has 0 saturated heterocycles. The number of aromatic hydroxyl groups is 1. The number of benzene rings is 2. The summed E-state index contributed by atoms with van der Waals surface area (Å²) in [5, 5.41) is 10.7. The molecular formula is C20H16N2OS2. The summed E-state index contributed by atoms with van der Waals surface area (Å²) in [7, 11) is 0. The van der Waals surface area contributed by atoms with E-state index in [0.29, 0.717) is 3.95 Å². The van der Waals surface area contributed by atoms with Crippen molar-refractivity contribution in [1.29, 1.82) is 0 Å². The zero-order valence-corrected chi connectivity index (χ0v) is 15.3. The van der Waals surface area contributed by atoms with Crippen LogP contribution in [-0.4, -0.2) is 15.9 Å². The molecule has 3 aromatic rings. The summed E-state index contributed by atoms with van der Waals surface area (Å²) in [4.78, 5) is 5.30. The topological polar surface area (TPSA) is 37.5 Å². The van der Waals surface area contributed by atoms with Gasteiger partial charge >= 0.3 is 0 Å². The summed E-state index contributed by atoms with van der Waals surface area (Å²) in [5.41, 5.74) is 5.22. The van der Waals surface area contributed by atoms with Gasteiger partial charge in [-0.1, -0.05) is 43.3 Å². The predicted molar refractivity (Wildman–Crippen MR) is 108 cm³/mol. The first-order valence-electron chi connectivity index (χ1n) is 8.07. The van der Waals surface area contributed by atoms with Crippen LogP contribution in [0, 0.1) is 3.95 Å². The van der Waals surface area contributed by atoms with Crippen molar-refractivity contribution in [2.45, 2.75) is 13.3 Å². The first-order chi connectivity index (χ1) is 12.2. The summed E-state index contributed by atoms with van der Waals surface area (Å²) in [5.74, 6) is 0.169. The highest BCUT2D eigenvalue weighted by molar-refractivity contribution is 7.73. The van der Waals surface area contributed by atoms with Crippen LogP contribution in [0.2, 0.25) is 0 Å². The summed E-state index contributed by atoms with van der Waals surface area (Å²) in [6.45, 7) is 2.13. The molecule has 0 atom stereocenters. The van der Waals surface area contributed by atoms with Crippen LogP contribution in [0.4, 0.5) is 5.69 Å². The van der Waals surface area contributed by atoms with Crippen LogP contribution in [-0.2, 0) is 6.42 Å². The lowest BCUT2D eigenvalue weighted by Crippen LogP contribution is -1.92. The van der Waals surface area contributed by atoms with Crippen molar-refractivity contribution in [3.05, 3.63) is 68.5 Å². The van der Waals surface area contributed by atoms with E-state index >= 15 is 0 Å². The number of para-hydroxylation sites is 2. The quantitative estimate of drug-likeness (QED) is 0.597. The van der Waals surface area contributed by atoms with Crippen molar-refractivity contribution in [3.63, 3.8) is 0 Å². The van der Waals surface area contributed by atoms with Gasteiger partial charge in [0.2, 0.25) is 5.88 Å². The van der Waals surface area contributed by atoms with Crippen molar-refractivity contribution in [2.75, 3.05) is 0 Å². The van der Waals surface area contributed by atoms with E-state index in [9.17, 15) is 5.11 Å². The molecule has 1 aliphatic rings. The number of aryl methyl sites for hydroxylation is 1. The highest BCUT2D eigenvalue weighted by atomic mass is 32.1. The molecule has 0 unspecified atom stereocenters. The van der Waals surface area contributed by atoms with E-state index in [4.69, 9.17) is 12.2 Å². The molecule has 0 radical (unpaired) electrons. The Morgan fingerprint density at radius 2 is 1.96 bits per heavy atom. The van der Waals surface area contributed by atoms with Gasteiger partial charge in [0.25, 0.3) is 0 Å². The SMILES string of the molecule is CCc1cccc2c1N=CC2=Cc1sc(=S)n(-c2ccccc2)c1O. The van der Waals surface area contributed by atoms with E-state index < -0.39 is 0 Å². The van der Waals surface area contributed by atoms with Crippen molar-refractivity contribution in [2.24, 2.45) is 4.99 Å². The maximum atomic E-state index is 10.7. The molecule has 0 amide bonds. The summed E-state index contributed by atoms with van der Waals surface area (Å²) >= 11 is 6.86. The Balaban J connectivity index is 1.81. The van der Waals surface area contributed by atoms with Crippen LogP contribution in [0.25, 0.3) is 17.3 Å². The predicted octanol–water partition coefficient (Wildman–Crippen LogP) is 5.79. The Labute approximate surface area is 155 Å². The van der Waals surface area contributed by atoms with Crippen LogP contribution in [0.1, 0.15) is 22.9 Å². The van der Waals surface area contributed by atoms with Crippen LogP contribution in [0.5, 0.6) is 5.88 Å². The van der Waals surface area contributed by atoms with Gasteiger partial charge in [-0.15, -0.1) is 11.3 Å². The number of thiazole rings is 1. The Kier molecular flexibility index (Phi) is 4.11.